The molecule has 0 aromatic heterocycles. The molecular weight excluding hydrogens is 252 g/mol. The van der Waals surface area contributed by atoms with Crippen molar-refractivity contribution >= 4 is 23.2 Å². The van der Waals surface area contributed by atoms with Crippen molar-refractivity contribution in [1.29, 1.82) is 0 Å². The largest absolute Gasteiger partial charge is 0.384 e. The zero-order valence-electron chi connectivity index (χ0n) is 11.6. The number of nitrogens with one attached hydrogen (secondary N) is 1. The van der Waals surface area contributed by atoms with Gasteiger partial charge in [0.1, 0.15) is 0 Å². The Balaban J connectivity index is 1.70. The average molecular weight is 270 g/mol. The Bertz CT molecular complexity index is 586. The van der Waals surface area contributed by atoms with Gasteiger partial charge in [-0.05, 0) is 48.9 Å². The third kappa shape index (κ3) is 1.54. The highest BCUT2D eigenvalue weighted by Gasteiger charge is 2.52. The molecule has 2 unspecified atom stereocenters. The number of hydrogen-bond donors (Lipinski definition) is 1. The van der Waals surface area contributed by atoms with E-state index in [1.807, 2.05) is 18.2 Å². The fourth-order valence-corrected chi connectivity index (χ4v) is 3.96. The van der Waals surface area contributed by atoms with Crippen molar-refractivity contribution in [3.8, 4) is 0 Å². The van der Waals surface area contributed by atoms with Gasteiger partial charge in [0, 0.05) is 12.2 Å². The Morgan fingerprint density at radius 1 is 1.15 bits per heavy atom. The van der Waals surface area contributed by atoms with Gasteiger partial charge in [-0.3, -0.25) is 14.5 Å². The van der Waals surface area contributed by atoms with Crippen LogP contribution in [0.4, 0.5) is 11.4 Å². The van der Waals surface area contributed by atoms with Gasteiger partial charge in [0.25, 0.3) is 0 Å². The quantitative estimate of drug-likeness (QED) is 0.796. The van der Waals surface area contributed by atoms with E-state index < -0.39 is 0 Å². The summed E-state index contributed by atoms with van der Waals surface area (Å²) in [5.41, 5.74) is 3.08. The molecular formula is C16H18N2O2. The monoisotopic (exact) mass is 270 g/mol. The molecule has 0 radical (unpaired) electrons. The topological polar surface area (TPSA) is 49.4 Å². The van der Waals surface area contributed by atoms with Crippen LogP contribution >= 0.6 is 0 Å². The summed E-state index contributed by atoms with van der Waals surface area (Å²) in [6.07, 6.45) is 2.68. The Morgan fingerprint density at radius 3 is 2.55 bits per heavy atom. The van der Waals surface area contributed by atoms with E-state index >= 15 is 0 Å². The van der Waals surface area contributed by atoms with Crippen molar-refractivity contribution in [2.24, 2.45) is 17.8 Å². The lowest BCUT2D eigenvalue weighted by Gasteiger charge is -2.17. The lowest BCUT2D eigenvalue weighted by molar-refractivity contribution is -0.123. The fraction of sp³-hybridized carbons (Fsp3) is 0.500. The summed E-state index contributed by atoms with van der Waals surface area (Å²) in [5.74, 6) is 0.350. The molecule has 3 aliphatic rings. The van der Waals surface area contributed by atoms with Gasteiger partial charge in [0.15, 0.2) is 0 Å². The predicted octanol–water partition coefficient (Wildman–Crippen LogP) is 2.19. The van der Waals surface area contributed by atoms with Gasteiger partial charge >= 0.3 is 0 Å². The van der Waals surface area contributed by atoms with Gasteiger partial charge in [-0.15, -0.1) is 0 Å². The van der Waals surface area contributed by atoms with Crippen LogP contribution in [-0.2, 0) is 16.0 Å². The smallest absolute Gasteiger partial charge is 0.237 e. The first-order chi connectivity index (χ1) is 9.65. The maximum absolute atomic E-state index is 12.5. The number of hydrogen-bond acceptors (Lipinski definition) is 3. The first-order valence-corrected chi connectivity index (χ1v) is 7.40. The van der Waals surface area contributed by atoms with Crippen LogP contribution in [-0.4, -0.2) is 18.4 Å². The molecule has 1 aliphatic carbocycles. The van der Waals surface area contributed by atoms with Gasteiger partial charge in [0.05, 0.1) is 17.5 Å². The van der Waals surface area contributed by atoms with Crippen molar-refractivity contribution in [2.45, 2.75) is 26.2 Å². The number of nitrogens with zero attached hydrogens (tertiary/aromatic N) is 1. The zero-order valence-corrected chi connectivity index (χ0v) is 11.6. The van der Waals surface area contributed by atoms with Crippen LogP contribution in [0.3, 0.4) is 0 Å². The van der Waals surface area contributed by atoms with Gasteiger partial charge in [-0.2, -0.15) is 0 Å². The number of fused-ring (bicyclic) bond motifs is 2. The van der Waals surface area contributed by atoms with E-state index in [0.29, 0.717) is 5.92 Å². The van der Waals surface area contributed by atoms with E-state index in [1.165, 1.54) is 10.5 Å². The summed E-state index contributed by atoms with van der Waals surface area (Å²) < 4.78 is 0. The van der Waals surface area contributed by atoms with Gasteiger partial charge in [-0.25, -0.2) is 0 Å². The van der Waals surface area contributed by atoms with Crippen LogP contribution in [0.1, 0.15) is 25.3 Å². The number of rotatable bonds is 1. The van der Waals surface area contributed by atoms with Crippen molar-refractivity contribution in [3.05, 3.63) is 23.8 Å². The minimum atomic E-state index is -0.0797. The van der Waals surface area contributed by atoms with E-state index in [4.69, 9.17) is 0 Å². The summed E-state index contributed by atoms with van der Waals surface area (Å²) in [6, 6.07) is 5.86. The molecule has 4 nitrogen and oxygen atoms in total. The molecule has 4 rings (SSSR count). The van der Waals surface area contributed by atoms with E-state index in [0.717, 1.165) is 37.2 Å². The number of anilines is 2. The highest BCUT2D eigenvalue weighted by Crippen LogP contribution is 2.44. The maximum atomic E-state index is 12.5. The lowest BCUT2D eigenvalue weighted by Crippen LogP contribution is -2.32. The number of carbonyl (C=O) groups excluding carboxylic acids is 2. The van der Waals surface area contributed by atoms with Crippen LogP contribution in [0.5, 0.6) is 0 Å². The third-order valence-electron chi connectivity index (χ3n) is 4.93. The Labute approximate surface area is 118 Å². The van der Waals surface area contributed by atoms with Crippen LogP contribution < -0.4 is 10.2 Å². The normalized spacial score (nSPS) is 31.4. The second-order valence-corrected chi connectivity index (χ2v) is 6.32. The van der Waals surface area contributed by atoms with Crippen LogP contribution in [0.15, 0.2) is 18.2 Å². The Hall–Kier alpha value is -1.84. The minimum Gasteiger partial charge on any atom is -0.384 e. The number of carbonyl (C=O) groups is 2. The predicted molar refractivity (Wildman–Crippen MR) is 76.5 cm³/mol. The molecule has 2 fully saturated rings. The molecule has 1 N–H and O–H groups in total. The molecule has 1 aromatic rings. The first-order valence-electron chi connectivity index (χ1n) is 7.40. The molecule has 2 amide bonds. The summed E-state index contributed by atoms with van der Waals surface area (Å²) >= 11 is 0. The molecule has 0 bridgehead atoms. The highest BCUT2D eigenvalue weighted by atomic mass is 16.2. The van der Waals surface area contributed by atoms with Gasteiger partial charge in [0.2, 0.25) is 11.8 Å². The molecule has 2 heterocycles. The first kappa shape index (κ1) is 11.9. The highest BCUT2D eigenvalue weighted by molar-refractivity contribution is 6.22. The molecule has 1 aromatic carbocycles. The molecule has 1 saturated carbocycles. The van der Waals surface area contributed by atoms with Crippen molar-refractivity contribution in [2.75, 3.05) is 16.8 Å². The second-order valence-electron chi connectivity index (χ2n) is 6.32. The van der Waals surface area contributed by atoms with E-state index in [-0.39, 0.29) is 23.7 Å². The molecule has 104 valence electrons. The van der Waals surface area contributed by atoms with Crippen molar-refractivity contribution < 1.29 is 9.59 Å². The Morgan fingerprint density at radius 2 is 1.85 bits per heavy atom. The van der Waals surface area contributed by atoms with Crippen LogP contribution in [0.25, 0.3) is 0 Å². The summed E-state index contributed by atoms with van der Waals surface area (Å²) in [5, 5.41) is 3.30. The zero-order chi connectivity index (χ0) is 13.9. The number of amides is 2. The van der Waals surface area contributed by atoms with Gasteiger partial charge in [-0.1, -0.05) is 6.92 Å². The molecule has 20 heavy (non-hydrogen) atoms. The molecule has 2 atom stereocenters. The fourth-order valence-electron chi connectivity index (χ4n) is 3.96. The Kier molecular flexibility index (Phi) is 2.43. The van der Waals surface area contributed by atoms with Gasteiger partial charge < -0.3 is 5.32 Å². The molecule has 4 heteroatoms. The molecule has 1 saturated heterocycles. The van der Waals surface area contributed by atoms with E-state index in [1.54, 1.807) is 0 Å². The van der Waals surface area contributed by atoms with Crippen molar-refractivity contribution in [3.63, 3.8) is 0 Å². The van der Waals surface area contributed by atoms with E-state index in [9.17, 15) is 9.59 Å². The van der Waals surface area contributed by atoms with Crippen LogP contribution in [0.2, 0.25) is 0 Å². The number of benzene rings is 1. The van der Waals surface area contributed by atoms with Crippen molar-refractivity contribution in [1.82, 2.24) is 0 Å². The van der Waals surface area contributed by atoms with E-state index in [2.05, 4.69) is 12.2 Å². The summed E-state index contributed by atoms with van der Waals surface area (Å²) in [7, 11) is 0. The standard InChI is InChI=1S/C16H18N2O2/c1-9-6-12-13(7-9)16(20)18(15(12)19)11-2-3-14-10(8-11)4-5-17-14/h2-3,8-9,12-13,17H,4-7H2,1H3. The SMILES string of the molecule is CC1CC2C(=O)N(c3ccc4c(c3)CCN4)C(=O)C2C1. The third-order valence-corrected chi connectivity index (χ3v) is 4.93. The average Bonchev–Trinajstić information content (AvgIpc) is 3.08. The van der Waals surface area contributed by atoms with Crippen LogP contribution in [0, 0.1) is 17.8 Å². The second kappa shape index (κ2) is 4.08. The summed E-state index contributed by atoms with van der Waals surface area (Å²) in [6.45, 7) is 3.06. The number of imide groups is 1. The molecule has 0 spiro atoms. The molecule has 2 aliphatic heterocycles. The lowest BCUT2D eigenvalue weighted by atomic mass is 10.00. The maximum Gasteiger partial charge on any atom is 0.237 e. The summed E-state index contributed by atoms with van der Waals surface area (Å²) in [4.78, 5) is 26.5. The minimum absolute atomic E-state index is 0.00950.